The molecule has 0 amide bonds. The molecule has 0 atom stereocenters. The highest BCUT2D eigenvalue weighted by Gasteiger charge is 1.92. The molecule has 0 bridgehead atoms. The number of rotatable bonds is 3. The predicted molar refractivity (Wildman–Crippen MR) is 57.2 cm³/mol. The Kier molecular flexibility index (Phi) is 7.02. The van der Waals surface area contributed by atoms with Crippen LogP contribution in [0.3, 0.4) is 0 Å². The van der Waals surface area contributed by atoms with E-state index in [4.69, 9.17) is 0 Å². The van der Waals surface area contributed by atoms with Gasteiger partial charge in [0.2, 0.25) is 0 Å². The van der Waals surface area contributed by atoms with Crippen molar-refractivity contribution < 1.29 is 0 Å². The molecule has 0 aliphatic heterocycles. The predicted octanol–water partition coefficient (Wildman–Crippen LogP) is 2.20. The quantitative estimate of drug-likeness (QED) is 0.544. The molecule has 0 nitrogen and oxygen atoms in total. The van der Waals surface area contributed by atoms with Crippen molar-refractivity contribution >= 4 is 41.0 Å². The minimum Gasteiger partial charge on any atom is -0.173 e. The monoisotopic (exact) mass is 222 g/mol. The fourth-order valence-corrected chi connectivity index (χ4v) is 2.06. The van der Waals surface area contributed by atoms with E-state index in [9.17, 15) is 0 Å². The highest BCUT2D eigenvalue weighted by Crippen LogP contribution is 1.84. The second-order valence-electron chi connectivity index (χ2n) is 2.31. The van der Waals surface area contributed by atoms with E-state index in [0.717, 1.165) is 0 Å². The molecule has 0 unspecified atom stereocenters. The first-order valence-corrected chi connectivity index (χ1v) is 5.29. The maximum Gasteiger partial charge on any atom is 0.413 e. The van der Waals surface area contributed by atoms with E-state index in [0.29, 0.717) is 0 Å². The molecule has 0 radical (unpaired) electrons. The van der Waals surface area contributed by atoms with Crippen LogP contribution in [-0.4, -0.2) is 20.4 Å². The summed E-state index contributed by atoms with van der Waals surface area (Å²) >= 11 is -0.0295. The molecular formula is C9H11BrMg. The molecule has 0 fully saturated rings. The van der Waals surface area contributed by atoms with Crippen molar-refractivity contribution in [3.63, 3.8) is 0 Å². The highest BCUT2D eigenvalue weighted by molar-refractivity contribution is 8.93. The maximum absolute atomic E-state index is 3.71. The van der Waals surface area contributed by atoms with E-state index in [1.807, 2.05) is 6.08 Å². The third-order valence-corrected chi connectivity index (χ3v) is 3.23. The van der Waals surface area contributed by atoms with Crippen molar-refractivity contribution in [2.75, 3.05) is 0 Å². The van der Waals surface area contributed by atoms with Crippen molar-refractivity contribution in [1.82, 2.24) is 0 Å². The molecule has 1 rings (SSSR count). The average molecular weight is 223 g/mol. The van der Waals surface area contributed by atoms with Crippen LogP contribution in [0.1, 0.15) is 0 Å². The third kappa shape index (κ3) is 4.61. The molecule has 0 aliphatic rings. The van der Waals surface area contributed by atoms with Crippen LogP contribution < -0.4 is 3.69 Å². The molecule has 0 saturated carbocycles. The molecule has 56 valence electrons. The first-order valence-electron chi connectivity index (χ1n) is 3.58. The average Bonchev–Trinajstić information content (AvgIpc) is 2.03. The fraction of sp³-hybridized carbons (Fsp3) is 0.111. The Balaban J connectivity index is 0.000001000. The Labute approximate surface area is 88.2 Å². The van der Waals surface area contributed by atoms with Crippen LogP contribution in [-0.2, 0) is 0 Å². The maximum atomic E-state index is 3.71. The van der Waals surface area contributed by atoms with E-state index in [1.165, 1.54) is 8.24 Å². The van der Waals surface area contributed by atoms with Gasteiger partial charge in [0.25, 0.3) is 0 Å². The Bertz CT molecular complexity index is 196. The van der Waals surface area contributed by atoms with Gasteiger partial charge in [0.1, 0.15) is 0 Å². The summed E-state index contributed by atoms with van der Waals surface area (Å²) in [6, 6.07) is 10.7. The summed E-state index contributed by atoms with van der Waals surface area (Å²) in [6.07, 6.45) is 2.01. The smallest absolute Gasteiger partial charge is 0.173 e. The van der Waals surface area contributed by atoms with Gasteiger partial charge < -0.3 is 0 Å². The van der Waals surface area contributed by atoms with E-state index in [2.05, 4.69) is 36.9 Å². The van der Waals surface area contributed by atoms with Gasteiger partial charge in [0.05, 0.1) is 0 Å². The fourth-order valence-electron chi connectivity index (χ4n) is 0.913. The lowest BCUT2D eigenvalue weighted by molar-refractivity contribution is 1.69. The lowest BCUT2D eigenvalue weighted by atomic mass is 10.4. The van der Waals surface area contributed by atoms with Gasteiger partial charge in [0.15, 0.2) is 0 Å². The molecule has 0 saturated heterocycles. The van der Waals surface area contributed by atoms with E-state index < -0.39 is 0 Å². The van der Waals surface area contributed by atoms with Gasteiger partial charge in [-0.1, -0.05) is 30.3 Å². The molecule has 1 aromatic rings. The minimum atomic E-state index is -0.0295. The highest BCUT2D eigenvalue weighted by atomic mass is 79.9. The van der Waals surface area contributed by atoms with Gasteiger partial charge in [-0.3, -0.25) is 0 Å². The normalized spacial score (nSPS) is 7.64. The van der Waals surface area contributed by atoms with Crippen LogP contribution in [0, 0.1) is 0 Å². The van der Waals surface area contributed by atoms with Crippen LogP contribution in [0.5, 0.6) is 0 Å². The number of halogens is 1. The van der Waals surface area contributed by atoms with Crippen LogP contribution in [0.2, 0.25) is 4.55 Å². The standard InChI is InChI=1S/C6H5.C3H5.BrH.Mg/c1-2-4-6-5-3-1;1-3-2;;/h1-5H;3H,1-2H2;1H;. The molecule has 0 N–H and O–H groups in total. The summed E-state index contributed by atoms with van der Waals surface area (Å²) in [6.45, 7) is 3.71. The van der Waals surface area contributed by atoms with Gasteiger partial charge in [-0.15, -0.1) is 34.2 Å². The third-order valence-electron chi connectivity index (χ3n) is 1.48. The summed E-state index contributed by atoms with van der Waals surface area (Å²) in [7, 11) is 0. The lowest BCUT2D eigenvalue weighted by Gasteiger charge is -1.92. The summed E-state index contributed by atoms with van der Waals surface area (Å²) < 4.78 is 2.74. The Morgan fingerprint density at radius 2 is 1.91 bits per heavy atom. The van der Waals surface area contributed by atoms with Crippen LogP contribution in [0.4, 0.5) is 0 Å². The minimum absolute atomic E-state index is 0. The van der Waals surface area contributed by atoms with Crippen LogP contribution in [0.25, 0.3) is 0 Å². The molecule has 0 aliphatic carbocycles. The topological polar surface area (TPSA) is 0 Å². The molecule has 1 aromatic carbocycles. The summed E-state index contributed by atoms with van der Waals surface area (Å²) in [5.41, 5.74) is 0. The number of benzene rings is 1. The molecular weight excluding hydrogens is 212 g/mol. The Morgan fingerprint density at radius 1 is 1.27 bits per heavy atom. The van der Waals surface area contributed by atoms with Gasteiger partial charge in [-0.25, -0.2) is 0 Å². The first kappa shape index (κ1) is 11.2. The van der Waals surface area contributed by atoms with E-state index in [1.54, 1.807) is 0 Å². The molecule has 11 heavy (non-hydrogen) atoms. The second-order valence-corrected chi connectivity index (χ2v) is 4.21. The van der Waals surface area contributed by atoms with Gasteiger partial charge >= 0.3 is 20.4 Å². The van der Waals surface area contributed by atoms with Crippen molar-refractivity contribution in [3.8, 4) is 0 Å². The summed E-state index contributed by atoms with van der Waals surface area (Å²) in [5, 5.41) is 0. The van der Waals surface area contributed by atoms with Gasteiger partial charge in [-0.05, 0) is 0 Å². The molecule has 0 heterocycles. The summed E-state index contributed by atoms with van der Waals surface area (Å²) in [5.74, 6) is 0. The number of allylic oxidation sites excluding steroid dienone is 1. The van der Waals surface area contributed by atoms with Crippen molar-refractivity contribution in [1.29, 1.82) is 0 Å². The van der Waals surface area contributed by atoms with Crippen molar-refractivity contribution in [3.05, 3.63) is 43.0 Å². The largest absolute Gasteiger partial charge is 0.413 e. The lowest BCUT2D eigenvalue weighted by Crippen LogP contribution is -2.11. The first-order chi connectivity index (χ1) is 4.93. The van der Waals surface area contributed by atoms with Crippen molar-refractivity contribution in [2.24, 2.45) is 0 Å². The zero-order chi connectivity index (χ0) is 7.23. The van der Waals surface area contributed by atoms with Gasteiger partial charge in [0, 0.05) is 0 Å². The molecule has 2 heteroatoms. The summed E-state index contributed by atoms with van der Waals surface area (Å²) in [4.78, 5) is 0. The zero-order valence-electron chi connectivity index (χ0n) is 6.49. The Hall–Kier alpha value is 0.206. The number of hydrogen-bond acceptors (Lipinski definition) is 0. The molecule has 0 aromatic heterocycles. The number of hydrogen-bond donors (Lipinski definition) is 0. The SMILES string of the molecule is Br.C=C[CH2][Mg][c]1ccccc1. The zero-order valence-corrected chi connectivity index (χ0v) is 9.62. The molecule has 0 spiro atoms. The Morgan fingerprint density at radius 3 is 2.45 bits per heavy atom. The van der Waals surface area contributed by atoms with E-state index >= 15 is 0 Å². The van der Waals surface area contributed by atoms with Gasteiger partial charge in [-0.2, -0.15) is 3.69 Å². The van der Waals surface area contributed by atoms with Crippen LogP contribution in [0.15, 0.2) is 43.0 Å². The van der Waals surface area contributed by atoms with E-state index in [-0.39, 0.29) is 37.3 Å². The van der Waals surface area contributed by atoms with Crippen LogP contribution >= 0.6 is 17.0 Å². The second kappa shape index (κ2) is 6.89. The van der Waals surface area contributed by atoms with Crippen molar-refractivity contribution in [2.45, 2.75) is 4.55 Å².